The molecule has 2 heterocycles. The molecule has 1 aliphatic rings. The summed E-state index contributed by atoms with van der Waals surface area (Å²) in [4.78, 5) is 26.9. The Balaban J connectivity index is 1.84. The van der Waals surface area contributed by atoms with Crippen molar-refractivity contribution >= 4 is 17.5 Å². The maximum Gasteiger partial charge on any atom is 0.253 e. The van der Waals surface area contributed by atoms with Crippen molar-refractivity contribution in [1.29, 1.82) is 0 Å². The van der Waals surface area contributed by atoms with Crippen molar-refractivity contribution in [2.24, 2.45) is 0 Å². The second kappa shape index (κ2) is 7.29. The first kappa shape index (κ1) is 18.1. The van der Waals surface area contributed by atoms with Crippen LogP contribution in [0, 0.1) is 6.92 Å². The number of aromatic nitrogens is 2. The van der Waals surface area contributed by atoms with Gasteiger partial charge in [0, 0.05) is 37.7 Å². The summed E-state index contributed by atoms with van der Waals surface area (Å²) in [5, 5.41) is 10.6. The molecular formula is C19H25N5O2. The minimum absolute atomic E-state index is 0.0493. The van der Waals surface area contributed by atoms with Crippen molar-refractivity contribution in [2.75, 3.05) is 32.5 Å². The highest BCUT2D eigenvalue weighted by atomic mass is 16.2. The Morgan fingerprint density at radius 3 is 2.58 bits per heavy atom. The zero-order valence-electron chi connectivity index (χ0n) is 15.5. The fourth-order valence-electron chi connectivity index (χ4n) is 3.39. The molecule has 3 rings (SSSR count). The van der Waals surface area contributed by atoms with Crippen molar-refractivity contribution in [3.63, 3.8) is 0 Å². The smallest absolute Gasteiger partial charge is 0.253 e. The molecule has 26 heavy (non-hydrogen) atoms. The summed E-state index contributed by atoms with van der Waals surface area (Å²) >= 11 is 0. The number of hydrogen-bond donors (Lipinski definition) is 2. The van der Waals surface area contributed by atoms with Gasteiger partial charge in [0.05, 0.1) is 0 Å². The van der Waals surface area contributed by atoms with Gasteiger partial charge < -0.3 is 15.5 Å². The first-order valence-corrected chi connectivity index (χ1v) is 8.79. The van der Waals surface area contributed by atoms with Crippen LogP contribution in [0.1, 0.15) is 28.8 Å². The van der Waals surface area contributed by atoms with Gasteiger partial charge in [-0.25, -0.2) is 0 Å². The lowest BCUT2D eigenvalue weighted by molar-refractivity contribution is -0.126. The molecule has 1 saturated heterocycles. The molecule has 1 aliphatic heterocycles. The number of carbonyl (C=O) groups is 2. The maximum atomic E-state index is 13.2. The van der Waals surface area contributed by atoms with Gasteiger partial charge in [-0.05, 0) is 62.7 Å². The Morgan fingerprint density at radius 1 is 1.27 bits per heavy atom. The van der Waals surface area contributed by atoms with E-state index in [1.165, 1.54) is 0 Å². The highest BCUT2D eigenvalue weighted by Crippen LogP contribution is 2.29. The number of hydrogen-bond acceptors (Lipinski definition) is 4. The van der Waals surface area contributed by atoms with Gasteiger partial charge in [0.1, 0.15) is 5.54 Å². The summed E-state index contributed by atoms with van der Waals surface area (Å²) in [6.07, 6.45) is 4.89. The van der Waals surface area contributed by atoms with Gasteiger partial charge in [0.15, 0.2) is 0 Å². The first-order chi connectivity index (χ1) is 12.4. The second-order valence-corrected chi connectivity index (χ2v) is 6.92. The SMILES string of the molecule is Cc1cc(NC(=O)C2(n3cccn3)CCNCC2)ccc1C(=O)N(C)C. The van der Waals surface area contributed by atoms with Crippen LogP contribution in [0.15, 0.2) is 36.7 Å². The van der Waals surface area contributed by atoms with Crippen LogP contribution in [0.4, 0.5) is 5.69 Å². The van der Waals surface area contributed by atoms with E-state index in [-0.39, 0.29) is 11.8 Å². The summed E-state index contributed by atoms with van der Waals surface area (Å²) in [7, 11) is 3.45. The molecule has 1 aromatic carbocycles. The Kier molecular flexibility index (Phi) is 5.08. The first-order valence-electron chi connectivity index (χ1n) is 8.79. The van der Waals surface area contributed by atoms with Crippen LogP contribution < -0.4 is 10.6 Å². The summed E-state index contributed by atoms with van der Waals surface area (Å²) in [5.41, 5.74) is 1.46. The number of nitrogens with one attached hydrogen (secondary N) is 2. The number of piperidine rings is 1. The maximum absolute atomic E-state index is 13.2. The van der Waals surface area contributed by atoms with E-state index in [9.17, 15) is 9.59 Å². The van der Waals surface area contributed by atoms with Crippen molar-refractivity contribution in [2.45, 2.75) is 25.3 Å². The minimum Gasteiger partial charge on any atom is -0.345 e. The number of rotatable bonds is 4. The summed E-state index contributed by atoms with van der Waals surface area (Å²) in [5.74, 6) is -0.125. The number of amides is 2. The molecule has 138 valence electrons. The molecule has 7 heteroatoms. The van der Waals surface area contributed by atoms with E-state index in [1.54, 1.807) is 42.0 Å². The Hall–Kier alpha value is -2.67. The number of nitrogens with zero attached hydrogens (tertiary/aromatic N) is 3. The van der Waals surface area contributed by atoms with E-state index < -0.39 is 5.54 Å². The predicted octanol–water partition coefficient (Wildman–Crippen LogP) is 1.61. The van der Waals surface area contributed by atoms with Crippen LogP contribution in [0.25, 0.3) is 0 Å². The van der Waals surface area contributed by atoms with Crippen LogP contribution >= 0.6 is 0 Å². The third kappa shape index (κ3) is 3.35. The number of benzene rings is 1. The average molecular weight is 355 g/mol. The Bertz CT molecular complexity index is 792. The van der Waals surface area contributed by atoms with E-state index in [0.717, 1.165) is 18.7 Å². The van der Waals surface area contributed by atoms with Crippen molar-refractivity contribution in [3.8, 4) is 0 Å². The zero-order chi connectivity index (χ0) is 18.7. The van der Waals surface area contributed by atoms with Crippen molar-refractivity contribution < 1.29 is 9.59 Å². The lowest BCUT2D eigenvalue weighted by Crippen LogP contribution is -2.52. The standard InChI is InChI=1S/C19H25N5O2/c1-14-13-15(5-6-16(14)17(25)23(2)3)22-18(26)19(7-10-20-11-8-19)24-12-4-9-21-24/h4-6,9,12-13,20H,7-8,10-11H2,1-3H3,(H,22,26). The number of anilines is 1. The molecule has 2 amide bonds. The van der Waals surface area contributed by atoms with Crippen LogP contribution in [0.5, 0.6) is 0 Å². The van der Waals surface area contributed by atoms with E-state index in [0.29, 0.717) is 24.1 Å². The number of carbonyl (C=O) groups excluding carboxylic acids is 2. The summed E-state index contributed by atoms with van der Waals surface area (Å²) in [6.45, 7) is 3.41. The molecular weight excluding hydrogens is 330 g/mol. The lowest BCUT2D eigenvalue weighted by Gasteiger charge is -2.36. The largest absolute Gasteiger partial charge is 0.345 e. The molecule has 0 radical (unpaired) electrons. The quantitative estimate of drug-likeness (QED) is 0.873. The Morgan fingerprint density at radius 2 is 2.00 bits per heavy atom. The summed E-state index contributed by atoms with van der Waals surface area (Å²) in [6, 6.07) is 7.21. The van der Waals surface area contributed by atoms with Gasteiger partial charge in [-0.3, -0.25) is 14.3 Å². The molecule has 1 fully saturated rings. The van der Waals surface area contributed by atoms with Crippen LogP contribution in [0.3, 0.4) is 0 Å². The third-order valence-electron chi connectivity index (χ3n) is 4.92. The van der Waals surface area contributed by atoms with E-state index in [4.69, 9.17) is 0 Å². The van der Waals surface area contributed by atoms with Gasteiger partial charge in [-0.1, -0.05) is 0 Å². The topological polar surface area (TPSA) is 79.3 Å². The second-order valence-electron chi connectivity index (χ2n) is 6.92. The molecule has 0 spiro atoms. The van der Waals surface area contributed by atoms with Gasteiger partial charge in [0.2, 0.25) is 0 Å². The fraction of sp³-hybridized carbons (Fsp3) is 0.421. The van der Waals surface area contributed by atoms with Crippen LogP contribution in [-0.4, -0.2) is 53.7 Å². The van der Waals surface area contributed by atoms with Gasteiger partial charge >= 0.3 is 0 Å². The highest BCUT2D eigenvalue weighted by molar-refractivity contribution is 5.99. The lowest BCUT2D eigenvalue weighted by atomic mass is 9.87. The zero-order valence-corrected chi connectivity index (χ0v) is 15.5. The van der Waals surface area contributed by atoms with Crippen LogP contribution in [0.2, 0.25) is 0 Å². The summed E-state index contributed by atoms with van der Waals surface area (Å²) < 4.78 is 1.76. The Labute approximate surface area is 153 Å². The van der Waals surface area contributed by atoms with E-state index in [1.807, 2.05) is 25.3 Å². The number of aryl methyl sites for hydroxylation is 1. The molecule has 1 aromatic heterocycles. The van der Waals surface area contributed by atoms with Crippen molar-refractivity contribution in [3.05, 3.63) is 47.8 Å². The van der Waals surface area contributed by atoms with Crippen LogP contribution in [-0.2, 0) is 10.3 Å². The highest BCUT2D eigenvalue weighted by Gasteiger charge is 2.42. The van der Waals surface area contributed by atoms with Crippen molar-refractivity contribution in [1.82, 2.24) is 20.0 Å². The molecule has 0 bridgehead atoms. The van der Waals surface area contributed by atoms with E-state index >= 15 is 0 Å². The van der Waals surface area contributed by atoms with Gasteiger partial charge in [-0.15, -0.1) is 0 Å². The third-order valence-corrected chi connectivity index (χ3v) is 4.92. The molecule has 7 nitrogen and oxygen atoms in total. The molecule has 0 saturated carbocycles. The van der Waals surface area contributed by atoms with Gasteiger partial charge in [0.25, 0.3) is 11.8 Å². The molecule has 0 atom stereocenters. The molecule has 2 N–H and O–H groups in total. The van der Waals surface area contributed by atoms with Gasteiger partial charge in [-0.2, -0.15) is 5.10 Å². The predicted molar refractivity (Wildman–Crippen MR) is 100 cm³/mol. The molecule has 2 aromatic rings. The molecule has 0 aliphatic carbocycles. The van der Waals surface area contributed by atoms with E-state index in [2.05, 4.69) is 15.7 Å². The normalized spacial score (nSPS) is 16.1. The minimum atomic E-state index is -0.694. The average Bonchev–Trinajstić information content (AvgIpc) is 3.17. The monoisotopic (exact) mass is 355 g/mol. The molecule has 0 unspecified atom stereocenters. The fourth-order valence-corrected chi connectivity index (χ4v) is 3.39.